The number of alkyl halides is 3. The zero-order chi connectivity index (χ0) is 18.2. The number of carbonyl (C=O) groups is 1. The van der Waals surface area contributed by atoms with Crippen molar-refractivity contribution in [2.75, 3.05) is 13.1 Å². The summed E-state index contributed by atoms with van der Waals surface area (Å²) in [4.78, 5) is 17.4. The van der Waals surface area contributed by atoms with Gasteiger partial charge in [-0.3, -0.25) is 4.79 Å². The number of aromatic nitrogens is 1. The minimum atomic E-state index is -4.56. The standard InChI is InChI=1S/C16H11Cl2F3N2O2/c17-9-3-4-13(18)11(6-9)15(24)23-7-10(8-23)25-14-12(16(19,20)21)2-1-5-22-14/h1-6,10H,7-8H2. The Morgan fingerprint density at radius 1 is 1.24 bits per heavy atom. The van der Waals surface area contributed by atoms with Crippen molar-refractivity contribution < 1.29 is 22.7 Å². The van der Waals surface area contributed by atoms with E-state index in [0.29, 0.717) is 5.02 Å². The Balaban J connectivity index is 1.66. The minimum absolute atomic E-state index is 0.134. The molecule has 9 heteroatoms. The van der Waals surface area contributed by atoms with Crippen LogP contribution in [0.25, 0.3) is 0 Å². The van der Waals surface area contributed by atoms with E-state index in [4.69, 9.17) is 27.9 Å². The molecule has 3 rings (SSSR count). The first-order valence-corrected chi connectivity index (χ1v) is 7.94. The third kappa shape index (κ3) is 3.82. The second kappa shape index (κ2) is 6.72. The van der Waals surface area contributed by atoms with Crippen LogP contribution in [0.4, 0.5) is 13.2 Å². The molecule has 1 aromatic carbocycles. The Labute approximate surface area is 151 Å². The molecule has 1 fully saturated rings. The molecule has 0 aliphatic carbocycles. The molecule has 0 unspecified atom stereocenters. The molecular formula is C16H11Cl2F3N2O2. The van der Waals surface area contributed by atoms with Gasteiger partial charge in [0.25, 0.3) is 5.91 Å². The van der Waals surface area contributed by atoms with Gasteiger partial charge in [-0.05, 0) is 30.3 Å². The molecule has 1 aliphatic rings. The van der Waals surface area contributed by atoms with Gasteiger partial charge in [-0.2, -0.15) is 13.2 Å². The van der Waals surface area contributed by atoms with Gasteiger partial charge in [-0.1, -0.05) is 23.2 Å². The number of rotatable bonds is 3. The van der Waals surface area contributed by atoms with E-state index < -0.39 is 23.7 Å². The van der Waals surface area contributed by atoms with Gasteiger partial charge in [-0.15, -0.1) is 0 Å². The van der Waals surface area contributed by atoms with E-state index in [2.05, 4.69) is 4.98 Å². The number of hydrogen-bond donors (Lipinski definition) is 0. The van der Waals surface area contributed by atoms with Crippen LogP contribution in [-0.4, -0.2) is 35.0 Å². The summed E-state index contributed by atoms with van der Waals surface area (Å²) in [5, 5.41) is 0.618. The average Bonchev–Trinajstić information content (AvgIpc) is 2.51. The highest BCUT2D eigenvalue weighted by Crippen LogP contribution is 2.35. The zero-order valence-electron chi connectivity index (χ0n) is 12.6. The molecule has 0 saturated carbocycles. The number of likely N-dealkylation sites (tertiary alicyclic amines) is 1. The summed E-state index contributed by atoms with van der Waals surface area (Å²) in [6, 6.07) is 6.60. The topological polar surface area (TPSA) is 42.4 Å². The molecule has 0 radical (unpaired) electrons. The van der Waals surface area contributed by atoms with Crippen molar-refractivity contribution in [1.29, 1.82) is 0 Å². The molecule has 0 spiro atoms. The molecule has 2 heterocycles. The minimum Gasteiger partial charge on any atom is -0.470 e. The molecular weight excluding hydrogens is 380 g/mol. The zero-order valence-corrected chi connectivity index (χ0v) is 14.1. The molecule has 1 aromatic heterocycles. The van der Waals surface area contributed by atoms with Crippen LogP contribution in [0.2, 0.25) is 10.0 Å². The maximum Gasteiger partial charge on any atom is 0.421 e. The summed E-state index contributed by atoms with van der Waals surface area (Å²) in [6.07, 6.45) is -3.91. The third-order valence-electron chi connectivity index (χ3n) is 3.65. The van der Waals surface area contributed by atoms with Crippen molar-refractivity contribution in [2.24, 2.45) is 0 Å². The van der Waals surface area contributed by atoms with Crippen molar-refractivity contribution >= 4 is 29.1 Å². The molecule has 1 amide bonds. The summed E-state index contributed by atoms with van der Waals surface area (Å²) >= 11 is 11.8. The number of carbonyl (C=O) groups excluding carboxylic acids is 1. The maximum absolute atomic E-state index is 12.9. The van der Waals surface area contributed by atoms with Crippen LogP contribution >= 0.6 is 23.2 Å². The Bertz CT molecular complexity index is 808. The smallest absolute Gasteiger partial charge is 0.421 e. The molecule has 0 atom stereocenters. The summed E-state index contributed by atoms with van der Waals surface area (Å²) in [5.74, 6) is -0.850. The van der Waals surface area contributed by atoms with Crippen LogP contribution in [-0.2, 0) is 6.18 Å². The normalized spacial score (nSPS) is 15.0. The number of ether oxygens (including phenoxy) is 1. The van der Waals surface area contributed by atoms with E-state index in [1.165, 1.54) is 29.3 Å². The summed E-state index contributed by atoms with van der Waals surface area (Å²) < 4.78 is 44.0. The fraction of sp³-hybridized carbons (Fsp3) is 0.250. The predicted molar refractivity (Wildman–Crippen MR) is 86.0 cm³/mol. The lowest BCUT2D eigenvalue weighted by molar-refractivity contribution is -0.140. The molecule has 132 valence electrons. The molecule has 4 nitrogen and oxygen atoms in total. The van der Waals surface area contributed by atoms with Crippen LogP contribution in [0.3, 0.4) is 0 Å². The van der Waals surface area contributed by atoms with Crippen molar-refractivity contribution in [1.82, 2.24) is 9.88 Å². The quantitative estimate of drug-likeness (QED) is 0.783. The van der Waals surface area contributed by atoms with Gasteiger partial charge in [-0.25, -0.2) is 4.98 Å². The van der Waals surface area contributed by atoms with Crippen LogP contribution < -0.4 is 4.74 Å². The van der Waals surface area contributed by atoms with Crippen molar-refractivity contribution in [3.63, 3.8) is 0 Å². The molecule has 0 bridgehead atoms. The van der Waals surface area contributed by atoms with Gasteiger partial charge in [0.15, 0.2) is 0 Å². The first kappa shape index (κ1) is 17.8. The lowest BCUT2D eigenvalue weighted by Crippen LogP contribution is -2.56. The third-order valence-corrected chi connectivity index (χ3v) is 4.21. The maximum atomic E-state index is 12.9. The van der Waals surface area contributed by atoms with Gasteiger partial charge in [0.1, 0.15) is 11.7 Å². The lowest BCUT2D eigenvalue weighted by atomic mass is 10.1. The van der Waals surface area contributed by atoms with E-state index >= 15 is 0 Å². The fourth-order valence-corrected chi connectivity index (χ4v) is 2.74. The monoisotopic (exact) mass is 390 g/mol. The first-order chi connectivity index (χ1) is 11.8. The lowest BCUT2D eigenvalue weighted by Gasteiger charge is -2.39. The Kier molecular flexibility index (Phi) is 4.79. The van der Waals surface area contributed by atoms with Gasteiger partial charge in [0.2, 0.25) is 5.88 Å². The first-order valence-electron chi connectivity index (χ1n) is 7.19. The van der Waals surface area contributed by atoms with Crippen LogP contribution in [0.15, 0.2) is 36.5 Å². The number of pyridine rings is 1. The van der Waals surface area contributed by atoms with Crippen molar-refractivity contribution in [2.45, 2.75) is 12.3 Å². The molecule has 25 heavy (non-hydrogen) atoms. The van der Waals surface area contributed by atoms with E-state index in [-0.39, 0.29) is 29.6 Å². The second-order valence-corrected chi connectivity index (χ2v) is 6.27. The Hall–Kier alpha value is -1.99. The van der Waals surface area contributed by atoms with Gasteiger partial charge in [0.05, 0.1) is 23.7 Å². The van der Waals surface area contributed by atoms with E-state index in [1.54, 1.807) is 6.07 Å². The summed E-state index contributed by atoms with van der Waals surface area (Å²) in [7, 11) is 0. The SMILES string of the molecule is O=C(c1cc(Cl)ccc1Cl)N1CC(Oc2ncccc2C(F)(F)F)C1. The highest BCUT2D eigenvalue weighted by Gasteiger charge is 2.38. The van der Waals surface area contributed by atoms with E-state index in [0.717, 1.165) is 6.07 Å². The Morgan fingerprint density at radius 3 is 2.64 bits per heavy atom. The number of amides is 1. The summed E-state index contributed by atoms with van der Waals surface area (Å²) in [5.41, 5.74) is -0.709. The molecule has 1 aliphatic heterocycles. The highest BCUT2D eigenvalue weighted by molar-refractivity contribution is 6.35. The second-order valence-electron chi connectivity index (χ2n) is 5.43. The van der Waals surface area contributed by atoms with E-state index in [9.17, 15) is 18.0 Å². The fourth-order valence-electron chi connectivity index (χ4n) is 2.37. The predicted octanol–water partition coefficient (Wildman–Crippen LogP) is 4.31. The number of halogens is 5. The van der Waals surface area contributed by atoms with Crippen LogP contribution in [0, 0.1) is 0 Å². The average molecular weight is 391 g/mol. The number of hydrogen-bond acceptors (Lipinski definition) is 3. The van der Waals surface area contributed by atoms with Gasteiger partial charge < -0.3 is 9.64 Å². The van der Waals surface area contributed by atoms with Crippen molar-refractivity contribution in [3.05, 3.63) is 57.7 Å². The summed E-state index contributed by atoms with van der Waals surface area (Å²) in [6.45, 7) is 0.269. The molecule has 1 saturated heterocycles. The highest BCUT2D eigenvalue weighted by atomic mass is 35.5. The number of nitrogens with zero attached hydrogens (tertiary/aromatic N) is 2. The largest absolute Gasteiger partial charge is 0.470 e. The van der Waals surface area contributed by atoms with Gasteiger partial charge in [0, 0.05) is 11.2 Å². The molecule has 0 N–H and O–H groups in total. The van der Waals surface area contributed by atoms with Crippen LogP contribution in [0.5, 0.6) is 5.88 Å². The Morgan fingerprint density at radius 2 is 1.96 bits per heavy atom. The molecule has 2 aromatic rings. The van der Waals surface area contributed by atoms with Gasteiger partial charge >= 0.3 is 6.18 Å². The van der Waals surface area contributed by atoms with E-state index in [1.807, 2.05) is 0 Å². The van der Waals surface area contributed by atoms with Crippen molar-refractivity contribution in [3.8, 4) is 5.88 Å². The van der Waals surface area contributed by atoms with Crippen LogP contribution in [0.1, 0.15) is 15.9 Å². The number of benzene rings is 1.